The number of nitrogens with zero attached hydrogens (tertiary/aromatic N) is 2. The molecule has 0 atom stereocenters. The van der Waals surface area contributed by atoms with Crippen molar-refractivity contribution in [1.29, 1.82) is 5.26 Å². The Labute approximate surface area is 104 Å². The van der Waals surface area contributed by atoms with Gasteiger partial charge in [-0.3, -0.25) is 4.98 Å². The summed E-state index contributed by atoms with van der Waals surface area (Å²) in [5, 5.41) is 8.94. The lowest BCUT2D eigenvalue weighted by molar-refractivity contribution is 0.509. The van der Waals surface area contributed by atoms with Crippen LogP contribution in [0.25, 0.3) is 11.3 Å². The van der Waals surface area contributed by atoms with Crippen molar-refractivity contribution in [2.45, 2.75) is 13.8 Å². The quantitative estimate of drug-likeness (QED) is 0.769. The standard InChI is InChI=1S/C14H10F2N2/c1-8-5-14(18-9(2)11(8)7-17)10-3-4-12(15)13(16)6-10/h3-6H,1-2H3. The maximum Gasteiger partial charge on any atom is 0.159 e. The lowest BCUT2D eigenvalue weighted by atomic mass is 10.0. The average Bonchev–Trinajstić information content (AvgIpc) is 2.32. The van der Waals surface area contributed by atoms with E-state index in [1.54, 1.807) is 19.9 Å². The molecule has 0 saturated heterocycles. The van der Waals surface area contributed by atoms with Gasteiger partial charge < -0.3 is 0 Å². The smallest absolute Gasteiger partial charge is 0.159 e. The van der Waals surface area contributed by atoms with Crippen LogP contribution in [0.15, 0.2) is 24.3 Å². The van der Waals surface area contributed by atoms with Gasteiger partial charge in [-0.25, -0.2) is 8.78 Å². The van der Waals surface area contributed by atoms with Crippen molar-refractivity contribution in [1.82, 2.24) is 4.98 Å². The second-order valence-corrected chi connectivity index (χ2v) is 4.03. The number of pyridine rings is 1. The van der Waals surface area contributed by atoms with Gasteiger partial charge in [-0.15, -0.1) is 0 Å². The molecule has 4 heteroatoms. The van der Waals surface area contributed by atoms with Crippen LogP contribution in [0.4, 0.5) is 8.78 Å². The van der Waals surface area contributed by atoms with Crippen molar-refractivity contribution < 1.29 is 8.78 Å². The first-order valence-electron chi connectivity index (χ1n) is 5.36. The first-order chi connectivity index (χ1) is 8.52. The van der Waals surface area contributed by atoms with Crippen molar-refractivity contribution in [2.24, 2.45) is 0 Å². The van der Waals surface area contributed by atoms with Gasteiger partial charge in [-0.1, -0.05) is 0 Å². The van der Waals surface area contributed by atoms with Crippen LogP contribution in [-0.2, 0) is 0 Å². The van der Waals surface area contributed by atoms with E-state index in [1.165, 1.54) is 6.07 Å². The molecule has 2 aromatic rings. The molecule has 0 amide bonds. The molecule has 0 bridgehead atoms. The van der Waals surface area contributed by atoms with Gasteiger partial charge in [0.15, 0.2) is 11.6 Å². The Morgan fingerprint density at radius 2 is 1.83 bits per heavy atom. The molecule has 1 aromatic heterocycles. The van der Waals surface area contributed by atoms with Gasteiger partial charge in [-0.2, -0.15) is 5.26 Å². The molecule has 0 aliphatic carbocycles. The topological polar surface area (TPSA) is 36.7 Å². The Morgan fingerprint density at radius 3 is 2.39 bits per heavy atom. The molecule has 1 aromatic carbocycles. The van der Waals surface area contributed by atoms with E-state index in [1.807, 2.05) is 0 Å². The highest BCUT2D eigenvalue weighted by Crippen LogP contribution is 2.23. The molecule has 0 N–H and O–H groups in total. The highest BCUT2D eigenvalue weighted by Gasteiger charge is 2.09. The third kappa shape index (κ3) is 2.07. The van der Waals surface area contributed by atoms with Gasteiger partial charge in [0.05, 0.1) is 17.0 Å². The fourth-order valence-corrected chi connectivity index (χ4v) is 1.80. The zero-order valence-electron chi connectivity index (χ0n) is 9.96. The molecule has 1 heterocycles. The van der Waals surface area contributed by atoms with E-state index in [2.05, 4.69) is 11.1 Å². The van der Waals surface area contributed by atoms with Crippen LogP contribution in [0.5, 0.6) is 0 Å². The number of halogens is 2. The lowest BCUT2D eigenvalue weighted by Crippen LogP contribution is -1.96. The van der Waals surface area contributed by atoms with E-state index < -0.39 is 11.6 Å². The first-order valence-corrected chi connectivity index (χ1v) is 5.36. The molecule has 0 saturated carbocycles. The molecule has 0 aliphatic heterocycles. The predicted octanol–water partition coefficient (Wildman–Crippen LogP) is 3.52. The first kappa shape index (κ1) is 12.2. The Bertz CT molecular complexity index is 634. The normalized spacial score (nSPS) is 10.2. The molecule has 0 spiro atoms. The van der Waals surface area contributed by atoms with Gasteiger partial charge in [0.2, 0.25) is 0 Å². The summed E-state index contributed by atoms with van der Waals surface area (Å²) < 4.78 is 26.0. The van der Waals surface area contributed by atoms with Crippen LogP contribution in [0, 0.1) is 36.8 Å². The van der Waals surface area contributed by atoms with Crippen LogP contribution in [0.1, 0.15) is 16.8 Å². The molecule has 0 fully saturated rings. The zero-order valence-corrected chi connectivity index (χ0v) is 9.96. The van der Waals surface area contributed by atoms with Gasteiger partial charge in [-0.05, 0) is 43.7 Å². The Hall–Kier alpha value is -2.28. The summed E-state index contributed by atoms with van der Waals surface area (Å²) in [5.74, 6) is -1.80. The monoisotopic (exact) mass is 244 g/mol. The molecule has 0 aliphatic rings. The molecule has 90 valence electrons. The molecule has 2 nitrogen and oxygen atoms in total. The highest BCUT2D eigenvalue weighted by atomic mass is 19.2. The molecule has 2 rings (SSSR count). The molecule has 0 unspecified atom stereocenters. The maximum atomic E-state index is 13.2. The van der Waals surface area contributed by atoms with Crippen molar-refractivity contribution in [2.75, 3.05) is 0 Å². The van der Waals surface area contributed by atoms with Crippen molar-refractivity contribution in [3.8, 4) is 17.3 Å². The molecule has 0 radical (unpaired) electrons. The zero-order chi connectivity index (χ0) is 13.3. The summed E-state index contributed by atoms with van der Waals surface area (Å²) >= 11 is 0. The minimum atomic E-state index is -0.908. The number of hydrogen-bond donors (Lipinski definition) is 0. The van der Waals surface area contributed by atoms with Gasteiger partial charge in [0, 0.05) is 5.56 Å². The van der Waals surface area contributed by atoms with Crippen molar-refractivity contribution in [3.05, 3.63) is 52.7 Å². The van der Waals surface area contributed by atoms with Crippen LogP contribution >= 0.6 is 0 Å². The molecular weight excluding hydrogens is 234 g/mol. The summed E-state index contributed by atoms with van der Waals surface area (Å²) in [6.45, 7) is 3.51. The van der Waals surface area contributed by atoms with E-state index in [0.29, 0.717) is 22.5 Å². The van der Waals surface area contributed by atoms with E-state index in [0.717, 1.165) is 17.7 Å². The largest absolute Gasteiger partial charge is 0.252 e. The summed E-state index contributed by atoms with van der Waals surface area (Å²) in [5.41, 5.74) is 2.88. The van der Waals surface area contributed by atoms with Crippen LogP contribution in [-0.4, -0.2) is 4.98 Å². The minimum Gasteiger partial charge on any atom is -0.252 e. The Morgan fingerprint density at radius 1 is 1.11 bits per heavy atom. The minimum absolute atomic E-state index is 0.490. The summed E-state index contributed by atoms with van der Waals surface area (Å²) in [6.07, 6.45) is 0. The lowest BCUT2D eigenvalue weighted by Gasteiger charge is -2.07. The molecular formula is C14H10F2N2. The molecule has 18 heavy (non-hydrogen) atoms. The predicted molar refractivity (Wildman–Crippen MR) is 63.8 cm³/mol. The van der Waals surface area contributed by atoms with Crippen LogP contribution in [0.2, 0.25) is 0 Å². The summed E-state index contributed by atoms with van der Waals surface area (Å²) in [6, 6.07) is 7.39. The fraction of sp³-hybridized carbons (Fsp3) is 0.143. The fourth-order valence-electron chi connectivity index (χ4n) is 1.80. The maximum absolute atomic E-state index is 13.2. The van der Waals surface area contributed by atoms with Gasteiger partial charge >= 0.3 is 0 Å². The van der Waals surface area contributed by atoms with Crippen molar-refractivity contribution >= 4 is 0 Å². The van der Waals surface area contributed by atoms with E-state index in [4.69, 9.17) is 5.26 Å². The number of rotatable bonds is 1. The summed E-state index contributed by atoms with van der Waals surface area (Å²) in [7, 11) is 0. The third-order valence-electron chi connectivity index (χ3n) is 2.72. The summed E-state index contributed by atoms with van der Waals surface area (Å²) in [4.78, 5) is 4.23. The highest BCUT2D eigenvalue weighted by molar-refractivity contribution is 5.62. The Balaban J connectivity index is 2.59. The SMILES string of the molecule is Cc1cc(-c2ccc(F)c(F)c2)nc(C)c1C#N. The number of aromatic nitrogens is 1. The van der Waals surface area contributed by atoms with E-state index in [9.17, 15) is 8.78 Å². The van der Waals surface area contributed by atoms with Crippen molar-refractivity contribution in [3.63, 3.8) is 0 Å². The second-order valence-electron chi connectivity index (χ2n) is 4.03. The number of nitriles is 1. The Kier molecular flexibility index (Phi) is 3.07. The average molecular weight is 244 g/mol. The van der Waals surface area contributed by atoms with Gasteiger partial charge in [0.1, 0.15) is 6.07 Å². The van der Waals surface area contributed by atoms with E-state index >= 15 is 0 Å². The van der Waals surface area contributed by atoms with Crippen LogP contribution < -0.4 is 0 Å². The van der Waals surface area contributed by atoms with Gasteiger partial charge in [0.25, 0.3) is 0 Å². The van der Waals surface area contributed by atoms with E-state index in [-0.39, 0.29) is 0 Å². The second kappa shape index (κ2) is 4.53. The number of aryl methyl sites for hydroxylation is 2. The number of benzene rings is 1. The third-order valence-corrected chi connectivity index (χ3v) is 2.72. The number of hydrogen-bond acceptors (Lipinski definition) is 2. The van der Waals surface area contributed by atoms with Crippen LogP contribution in [0.3, 0.4) is 0 Å².